The van der Waals surface area contributed by atoms with Crippen LogP contribution in [0.4, 0.5) is 13.2 Å². The number of benzene rings is 2. The van der Waals surface area contributed by atoms with E-state index in [0.717, 1.165) is 18.2 Å². The van der Waals surface area contributed by atoms with Crippen molar-refractivity contribution in [3.8, 4) is 0 Å². The fourth-order valence-corrected chi connectivity index (χ4v) is 2.94. The molecule has 3 aromatic rings. The number of carbonyl (C=O) groups excluding carboxylic acids is 1. The molecule has 0 spiro atoms. The third-order valence-electron chi connectivity index (χ3n) is 4.32. The summed E-state index contributed by atoms with van der Waals surface area (Å²) in [5, 5.41) is 12.3. The van der Waals surface area contributed by atoms with Gasteiger partial charge in [-0.25, -0.2) is 4.79 Å². The van der Waals surface area contributed by atoms with Gasteiger partial charge in [-0.3, -0.25) is 9.59 Å². The number of halogens is 3. The van der Waals surface area contributed by atoms with Crippen LogP contribution in [0.5, 0.6) is 0 Å². The number of H-pyrrole nitrogens is 1. The molecule has 150 valence electrons. The summed E-state index contributed by atoms with van der Waals surface area (Å²) >= 11 is 0. The second kappa shape index (κ2) is 7.78. The number of carboxylic acid groups (broad SMARTS) is 1. The summed E-state index contributed by atoms with van der Waals surface area (Å²) in [7, 11) is 0. The van der Waals surface area contributed by atoms with Crippen LogP contribution in [0, 0.1) is 0 Å². The topological polar surface area (TPSA) is 99.3 Å². The van der Waals surface area contributed by atoms with Gasteiger partial charge in [-0.1, -0.05) is 24.3 Å². The van der Waals surface area contributed by atoms with Gasteiger partial charge in [-0.05, 0) is 29.8 Å². The Hall–Kier alpha value is -3.62. The first-order valence-electron chi connectivity index (χ1n) is 8.47. The number of rotatable bonds is 5. The van der Waals surface area contributed by atoms with E-state index < -0.39 is 35.2 Å². The summed E-state index contributed by atoms with van der Waals surface area (Å²) in [6, 6.07) is 10.2. The molecule has 1 amide bonds. The van der Waals surface area contributed by atoms with Crippen LogP contribution in [0.3, 0.4) is 0 Å². The van der Waals surface area contributed by atoms with E-state index in [2.05, 4.69) is 10.3 Å². The Morgan fingerprint density at radius 1 is 1.07 bits per heavy atom. The highest BCUT2D eigenvalue weighted by Gasteiger charge is 2.31. The largest absolute Gasteiger partial charge is 0.480 e. The minimum absolute atomic E-state index is 0.218. The summed E-state index contributed by atoms with van der Waals surface area (Å²) in [5.41, 5.74) is -0.879. The first-order chi connectivity index (χ1) is 13.6. The maximum Gasteiger partial charge on any atom is 0.416 e. The Morgan fingerprint density at radius 2 is 1.79 bits per heavy atom. The molecule has 0 saturated carbocycles. The monoisotopic (exact) mass is 404 g/mol. The van der Waals surface area contributed by atoms with E-state index in [1.807, 2.05) is 0 Å². The smallest absolute Gasteiger partial charge is 0.416 e. The molecule has 1 atom stereocenters. The lowest BCUT2D eigenvalue weighted by atomic mass is 10.0. The lowest BCUT2D eigenvalue weighted by Gasteiger charge is -2.16. The average Bonchev–Trinajstić information content (AvgIpc) is 2.66. The number of aliphatic carboxylic acids is 1. The molecule has 29 heavy (non-hydrogen) atoms. The molecule has 1 unspecified atom stereocenters. The van der Waals surface area contributed by atoms with Crippen LogP contribution >= 0.6 is 0 Å². The second-order valence-electron chi connectivity index (χ2n) is 6.35. The molecule has 0 aliphatic carbocycles. The number of carboxylic acids is 1. The zero-order valence-corrected chi connectivity index (χ0v) is 14.8. The minimum Gasteiger partial charge on any atom is -0.480 e. The molecule has 9 heteroatoms. The van der Waals surface area contributed by atoms with E-state index >= 15 is 0 Å². The zero-order valence-electron chi connectivity index (χ0n) is 14.8. The minimum atomic E-state index is -4.63. The fraction of sp³-hybridized carbons (Fsp3) is 0.150. The molecular weight excluding hydrogens is 389 g/mol. The SMILES string of the molecule is O=C(NC(Cc1cc(=O)[nH]c2ccccc12)C(=O)O)c1cccc(C(F)(F)F)c1. The molecule has 1 aromatic heterocycles. The molecule has 1 heterocycles. The van der Waals surface area contributed by atoms with Crippen molar-refractivity contribution in [2.45, 2.75) is 18.6 Å². The van der Waals surface area contributed by atoms with Gasteiger partial charge in [0.25, 0.3) is 5.91 Å². The first kappa shape index (κ1) is 20.1. The van der Waals surface area contributed by atoms with Crippen LogP contribution in [0.25, 0.3) is 10.9 Å². The molecule has 6 nitrogen and oxygen atoms in total. The molecule has 0 bridgehead atoms. The van der Waals surface area contributed by atoms with Crippen LogP contribution < -0.4 is 10.9 Å². The molecule has 0 aliphatic heterocycles. The van der Waals surface area contributed by atoms with E-state index in [1.165, 1.54) is 6.07 Å². The van der Waals surface area contributed by atoms with E-state index in [0.29, 0.717) is 22.5 Å². The van der Waals surface area contributed by atoms with Gasteiger partial charge in [-0.15, -0.1) is 0 Å². The molecule has 2 aromatic carbocycles. The maximum atomic E-state index is 12.8. The summed E-state index contributed by atoms with van der Waals surface area (Å²) in [4.78, 5) is 38.4. The Bertz CT molecular complexity index is 1140. The second-order valence-corrected chi connectivity index (χ2v) is 6.35. The van der Waals surface area contributed by atoms with Crippen molar-refractivity contribution in [2.75, 3.05) is 0 Å². The fourth-order valence-electron chi connectivity index (χ4n) is 2.94. The van der Waals surface area contributed by atoms with Crippen LogP contribution in [0.2, 0.25) is 0 Å². The van der Waals surface area contributed by atoms with Crippen molar-refractivity contribution in [2.24, 2.45) is 0 Å². The maximum absolute atomic E-state index is 12.8. The molecule has 0 fully saturated rings. The van der Waals surface area contributed by atoms with Gasteiger partial charge in [0, 0.05) is 29.0 Å². The van der Waals surface area contributed by atoms with Crippen LogP contribution in [0.15, 0.2) is 59.4 Å². The van der Waals surface area contributed by atoms with Crippen molar-refractivity contribution < 1.29 is 27.9 Å². The highest BCUT2D eigenvalue weighted by Crippen LogP contribution is 2.29. The van der Waals surface area contributed by atoms with Gasteiger partial charge < -0.3 is 15.4 Å². The molecule has 0 radical (unpaired) electrons. The number of nitrogens with one attached hydrogen (secondary N) is 2. The predicted octanol–water partition coefficient (Wildman–Crippen LogP) is 2.97. The predicted molar refractivity (Wildman–Crippen MR) is 98.6 cm³/mol. The van der Waals surface area contributed by atoms with Gasteiger partial charge in [0.2, 0.25) is 5.56 Å². The summed E-state index contributed by atoms with van der Waals surface area (Å²) in [5.74, 6) is -2.34. The van der Waals surface area contributed by atoms with E-state index in [9.17, 15) is 32.7 Å². The molecule has 3 rings (SSSR count). The van der Waals surface area contributed by atoms with Crippen molar-refractivity contribution >= 4 is 22.8 Å². The number of hydrogen-bond acceptors (Lipinski definition) is 3. The van der Waals surface area contributed by atoms with Crippen LogP contribution in [-0.2, 0) is 17.4 Å². The Labute approximate surface area is 162 Å². The van der Waals surface area contributed by atoms with Crippen molar-refractivity contribution in [1.82, 2.24) is 10.3 Å². The number of fused-ring (bicyclic) bond motifs is 1. The number of carbonyl (C=O) groups is 2. The number of amides is 1. The normalized spacial score (nSPS) is 12.5. The van der Waals surface area contributed by atoms with E-state index in [4.69, 9.17) is 0 Å². The number of pyridine rings is 1. The Morgan fingerprint density at radius 3 is 2.48 bits per heavy atom. The first-order valence-corrected chi connectivity index (χ1v) is 8.47. The lowest BCUT2D eigenvalue weighted by Crippen LogP contribution is -2.42. The third kappa shape index (κ3) is 4.63. The summed E-state index contributed by atoms with van der Waals surface area (Å²) in [6.07, 6.45) is -4.85. The van der Waals surface area contributed by atoms with Gasteiger partial charge in [0.15, 0.2) is 0 Å². The third-order valence-corrected chi connectivity index (χ3v) is 4.32. The standard InChI is InChI=1S/C20H15F3N2O4/c21-20(22,23)13-5-3-4-11(8-13)18(27)25-16(19(28)29)9-12-10-17(26)24-15-7-2-1-6-14(12)15/h1-8,10,16H,9H2,(H,24,26)(H,25,27)(H,28,29). The number of aromatic nitrogens is 1. The highest BCUT2D eigenvalue weighted by molar-refractivity contribution is 5.97. The van der Waals surface area contributed by atoms with E-state index in [1.54, 1.807) is 24.3 Å². The molecule has 0 saturated heterocycles. The zero-order chi connectivity index (χ0) is 21.2. The number of hydrogen-bond donors (Lipinski definition) is 3. The van der Waals surface area contributed by atoms with Gasteiger partial charge in [-0.2, -0.15) is 13.2 Å². The Balaban J connectivity index is 1.88. The quantitative estimate of drug-likeness (QED) is 0.609. The van der Waals surface area contributed by atoms with Gasteiger partial charge >= 0.3 is 12.1 Å². The van der Waals surface area contributed by atoms with Crippen LogP contribution in [-0.4, -0.2) is 28.0 Å². The number of aromatic amines is 1. The molecule has 3 N–H and O–H groups in total. The number of para-hydroxylation sites is 1. The van der Waals surface area contributed by atoms with Crippen molar-refractivity contribution in [3.05, 3.63) is 81.6 Å². The van der Waals surface area contributed by atoms with Crippen LogP contribution in [0.1, 0.15) is 21.5 Å². The summed E-state index contributed by atoms with van der Waals surface area (Å²) < 4.78 is 38.5. The van der Waals surface area contributed by atoms with Gasteiger partial charge in [0.05, 0.1) is 5.56 Å². The molecular formula is C20H15F3N2O4. The number of alkyl halides is 3. The molecule has 0 aliphatic rings. The highest BCUT2D eigenvalue weighted by atomic mass is 19.4. The van der Waals surface area contributed by atoms with Crippen molar-refractivity contribution in [3.63, 3.8) is 0 Å². The average molecular weight is 404 g/mol. The van der Waals surface area contributed by atoms with E-state index in [-0.39, 0.29) is 12.0 Å². The Kier molecular flexibility index (Phi) is 5.40. The van der Waals surface area contributed by atoms with Crippen molar-refractivity contribution in [1.29, 1.82) is 0 Å². The lowest BCUT2D eigenvalue weighted by molar-refractivity contribution is -0.139. The summed E-state index contributed by atoms with van der Waals surface area (Å²) in [6.45, 7) is 0. The van der Waals surface area contributed by atoms with Gasteiger partial charge in [0.1, 0.15) is 6.04 Å².